The van der Waals surface area contributed by atoms with Crippen LogP contribution in [-0.4, -0.2) is 28.4 Å². The van der Waals surface area contributed by atoms with Crippen LogP contribution in [-0.2, 0) is 15.0 Å². The fraction of sp³-hybridized carbons (Fsp3) is 0.300. The molecule has 36 heavy (non-hydrogen) atoms. The highest BCUT2D eigenvalue weighted by atomic mass is 16.5. The molecule has 0 bridgehead atoms. The van der Waals surface area contributed by atoms with E-state index in [0.717, 1.165) is 22.4 Å². The molecule has 6 nitrogen and oxygen atoms in total. The van der Waals surface area contributed by atoms with Gasteiger partial charge in [0.2, 0.25) is 0 Å². The van der Waals surface area contributed by atoms with E-state index in [9.17, 15) is 14.7 Å². The van der Waals surface area contributed by atoms with Gasteiger partial charge in [-0.05, 0) is 73.2 Å². The molecule has 2 aromatic carbocycles. The quantitative estimate of drug-likeness (QED) is 0.272. The first-order valence-electron chi connectivity index (χ1n) is 12.1. The second-order valence-corrected chi connectivity index (χ2v) is 10.1. The number of aryl methyl sites for hydroxylation is 2. The molecule has 2 heterocycles. The number of carbonyl (C=O) groups is 2. The van der Waals surface area contributed by atoms with E-state index < -0.39 is 17.7 Å². The molecule has 0 radical (unpaired) electrons. The summed E-state index contributed by atoms with van der Waals surface area (Å²) in [7, 11) is 0. The van der Waals surface area contributed by atoms with Gasteiger partial charge in [-0.3, -0.25) is 19.5 Å². The normalized spacial score (nSPS) is 17.5. The zero-order valence-electron chi connectivity index (χ0n) is 21.6. The van der Waals surface area contributed by atoms with Crippen molar-refractivity contribution in [3.63, 3.8) is 0 Å². The monoisotopic (exact) mass is 484 g/mol. The highest BCUT2D eigenvalue weighted by Gasteiger charge is 2.47. The van der Waals surface area contributed by atoms with Gasteiger partial charge in [0, 0.05) is 29.2 Å². The van der Waals surface area contributed by atoms with Gasteiger partial charge in [-0.1, -0.05) is 39.0 Å². The van der Waals surface area contributed by atoms with Crippen LogP contribution in [0.25, 0.3) is 5.76 Å². The molecule has 0 spiro atoms. The summed E-state index contributed by atoms with van der Waals surface area (Å²) < 4.78 is 5.82. The maximum Gasteiger partial charge on any atom is 0.300 e. The summed E-state index contributed by atoms with van der Waals surface area (Å²) in [4.78, 5) is 32.6. The average Bonchev–Trinajstić information content (AvgIpc) is 3.11. The van der Waals surface area contributed by atoms with E-state index in [1.54, 1.807) is 30.6 Å². The molecule has 3 aromatic rings. The number of pyridine rings is 1. The maximum atomic E-state index is 13.5. The number of ether oxygens (including phenoxy) is 1. The number of rotatable bonds is 5. The number of aromatic nitrogens is 1. The van der Waals surface area contributed by atoms with Crippen LogP contribution < -0.4 is 9.64 Å². The minimum atomic E-state index is -0.816. The van der Waals surface area contributed by atoms with E-state index in [2.05, 4.69) is 25.8 Å². The largest absolute Gasteiger partial charge is 0.507 e. The Morgan fingerprint density at radius 3 is 2.47 bits per heavy atom. The van der Waals surface area contributed by atoms with E-state index in [-0.39, 0.29) is 16.7 Å². The van der Waals surface area contributed by atoms with Crippen LogP contribution in [0.3, 0.4) is 0 Å². The SMILES string of the molecule is CCOc1ccc(/C(O)=C2/C(=O)C(=O)N(c3cc(C)ccc3C)C2c2cccnc2)cc1C(C)(C)C. The first-order valence-corrected chi connectivity index (χ1v) is 12.1. The number of anilines is 1. The molecule has 1 aliphatic rings. The minimum Gasteiger partial charge on any atom is -0.507 e. The zero-order valence-corrected chi connectivity index (χ0v) is 21.6. The first-order chi connectivity index (χ1) is 17.0. The van der Waals surface area contributed by atoms with Crippen molar-refractivity contribution in [3.05, 3.63) is 94.3 Å². The van der Waals surface area contributed by atoms with Gasteiger partial charge in [0.25, 0.3) is 11.7 Å². The van der Waals surface area contributed by atoms with Crippen LogP contribution in [0.5, 0.6) is 5.75 Å². The van der Waals surface area contributed by atoms with Gasteiger partial charge in [-0.25, -0.2) is 0 Å². The third kappa shape index (κ3) is 4.51. The lowest BCUT2D eigenvalue weighted by Gasteiger charge is -2.27. The summed E-state index contributed by atoms with van der Waals surface area (Å²) in [5.41, 5.74) is 4.21. The second-order valence-electron chi connectivity index (χ2n) is 10.1. The van der Waals surface area contributed by atoms with Crippen molar-refractivity contribution in [1.29, 1.82) is 0 Å². The highest BCUT2D eigenvalue weighted by Crippen LogP contribution is 2.44. The van der Waals surface area contributed by atoms with Gasteiger partial charge in [-0.15, -0.1) is 0 Å². The molecule has 1 N–H and O–H groups in total. The minimum absolute atomic E-state index is 0.0397. The van der Waals surface area contributed by atoms with Gasteiger partial charge < -0.3 is 9.84 Å². The number of benzene rings is 2. The van der Waals surface area contributed by atoms with Crippen molar-refractivity contribution in [2.45, 2.75) is 53.0 Å². The fourth-order valence-corrected chi connectivity index (χ4v) is 4.61. The summed E-state index contributed by atoms with van der Waals surface area (Å²) in [6.45, 7) is 12.4. The van der Waals surface area contributed by atoms with E-state index >= 15 is 0 Å². The van der Waals surface area contributed by atoms with Crippen LogP contribution in [0, 0.1) is 13.8 Å². The Labute approximate surface area is 212 Å². The Kier molecular flexibility index (Phi) is 6.72. The molecule has 186 valence electrons. The van der Waals surface area contributed by atoms with Gasteiger partial charge in [0.05, 0.1) is 18.2 Å². The number of aliphatic hydroxyl groups excluding tert-OH is 1. The van der Waals surface area contributed by atoms with Crippen LogP contribution in [0.1, 0.15) is 61.6 Å². The number of ketones is 1. The molecular weight excluding hydrogens is 452 g/mol. The number of hydrogen-bond acceptors (Lipinski definition) is 5. The van der Waals surface area contributed by atoms with E-state index in [0.29, 0.717) is 23.4 Å². The molecule has 1 saturated heterocycles. The molecule has 1 fully saturated rings. The van der Waals surface area contributed by atoms with Gasteiger partial charge in [0.15, 0.2) is 0 Å². The lowest BCUT2D eigenvalue weighted by Crippen LogP contribution is -2.30. The predicted molar refractivity (Wildman–Crippen MR) is 141 cm³/mol. The predicted octanol–water partition coefficient (Wildman–Crippen LogP) is 6.02. The number of Topliss-reactive ketones (excluding diaryl/α,β-unsaturated/α-hetero) is 1. The summed E-state index contributed by atoms with van der Waals surface area (Å²) in [6.07, 6.45) is 3.26. The number of amides is 1. The second kappa shape index (κ2) is 9.61. The van der Waals surface area contributed by atoms with Crippen molar-refractivity contribution in [2.75, 3.05) is 11.5 Å². The Bertz CT molecular complexity index is 1350. The van der Waals surface area contributed by atoms with Crippen LogP contribution >= 0.6 is 0 Å². The van der Waals surface area contributed by atoms with Crippen LogP contribution in [0.15, 0.2) is 66.5 Å². The summed E-state index contributed by atoms with van der Waals surface area (Å²) in [6, 6.07) is 13.9. The van der Waals surface area contributed by atoms with Crippen LogP contribution in [0.2, 0.25) is 0 Å². The Morgan fingerprint density at radius 2 is 1.83 bits per heavy atom. The summed E-state index contributed by atoms with van der Waals surface area (Å²) in [5.74, 6) is -0.903. The van der Waals surface area contributed by atoms with Gasteiger partial charge >= 0.3 is 0 Å². The number of hydrogen-bond donors (Lipinski definition) is 1. The Morgan fingerprint density at radius 1 is 1.08 bits per heavy atom. The molecule has 6 heteroatoms. The molecular formula is C30H32N2O4. The third-order valence-electron chi connectivity index (χ3n) is 6.43. The van der Waals surface area contributed by atoms with Crippen molar-refractivity contribution in [2.24, 2.45) is 0 Å². The molecule has 1 aliphatic heterocycles. The van der Waals surface area contributed by atoms with Crippen molar-refractivity contribution < 1.29 is 19.4 Å². The van der Waals surface area contributed by atoms with Crippen molar-refractivity contribution >= 4 is 23.1 Å². The standard InChI is InChI=1S/C30H32N2O4/c1-7-36-24-13-12-20(16-22(24)30(4,5)6)27(33)25-26(21-9-8-14-31-17-21)32(29(35)28(25)34)23-15-18(2)10-11-19(23)3/h8-17,26,33H,7H2,1-6H3/b27-25-. The third-order valence-corrected chi connectivity index (χ3v) is 6.43. The summed E-state index contributed by atoms with van der Waals surface area (Å²) in [5, 5.41) is 11.6. The van der Waals surface area contributed by atoms with E-state index in [1.807, 2.05) is 51.1 Å². The number of carbonyl (C=O) groups excluding carboxylic acids is 2. The molecule has 0 saturated carbocycles. The van der Waals surface area contributed by atoms with Crippen molar-refractivity contribution in [3.8, 4) is 5.75 Å². The molecule has 0 aliphatic carbocycles. The zero-order chi connectivity index (χ0) is 26.2. The fourth-order valence-electron chi connectivity index (χ4n) is 4.61. The number of aliphatic hydroxyl groups is 1. The lowest BCUT2D eigenvalue weighted by molar-refractivity contribution is -0.132. The number of nitrogens with zero attached hydrogens (tertiary/aromatic N) is 2. The molecule has 4 rings (SSSR count). The van der Waals surface area contributed by atoms with Gasteiger partial charge in [0.1, 0.15) is 11.5 Å². The molecule has 1 amide bonds. The average molecular weight is 485 g/mol. The Balaban J connectivity index is 1.96. The van der Waals surface area contributed by atoms with Crippen LogP contribution in [0.4, 0.5) is 5.69 Å². The topological polar surface area (TPSA) is 79.7 Å². The van der Waals surface area contributed by atoms with Crippen molar-refractivity contribution in [1.82, 2.24) is 4.98 Å². The highest BCUT2D eigenvalue weighted by molar-refractivity contribution is 6.51. The smallest absolute Gasteiger partial charge is 0.300 e. The molecule has 1 atom stereocenters. The summed E-state index contributed by atoms with van der Waals surface area (Å²) >= 11 is 0. The molecule has 1 unspecified atom stereocenters. The maximum absolute atomic E-state index is 13.5. The lowest BCUT2D eigenvalue weighted by atomic mass is 9.84. The first kappa shape index (κ1) is 25.2. The van der Waals surface area contributed by atoms with E-state index in [4.69, 9.17) is 4.74 Å². The Hall–Kier alpha value is -3.93. The molecule has 1 aromatic heterocycles. The van der Waals surface area contributed by atoms with Gasteiger partial charge in [-0.2, -0.15) is 0 Å². The van der Waals surface area contributed by atoms with E-state index in [1.165, 1.54) is 4.90 Å².